The third-order valence-electron chi connectivity index (χ3n) is 6.50. The molecule has 0 aliphatic heterocycles. The largest absolute Gasteiger partial charge is 0.481 e. The number of primary amides is 1. The minimum atomic E-state index is -1.81. The Bertz CT molecular complexity index is 1140. The molecule has 20 heteroatoms. The van der Waals surface area contributed by atoms with Crippen molar-refractivity contribution in [3.8, 4) is 0 Å². The third kappa shape index (κ3) is 16.6. The standard InChI is InChI=1S/C26H43N7O12S/c1-4-12(2)21(33-22(41)13(27)9-17(28)34)26(45)31-14(5-6-18(35)36)24(43)32-16(10-19(37)38)25(44)30-15(7-8-46-3)23(42)29-11-20(39)40/h12-16,21H,4-11,27H2,1-3H3,(H2,28,34)(H,29,42)(H,30,44)(H,31,45)(H,32,43)(H,33,41)(H,35,36)(H,37,38)(H,39,40). The zero-order chi connectivity index (χ0) is 35.6. The van der Waals surface area contributed by atoms with Crippen LogP contribution in [0.2, 0.25) is 0 Å². The number of nitrogens with two attached hydrogens (primary N) is 2. The van der Waals surface area contributed by atoms with Gasteiger partial charge in [-0.25, -0.2) is 0 Å². The van der Waals surface area contributed by atoms with Crippen LogP contribution in [0.4, 0.5) is 0 Å². The zero-order valence-corrected chi connectivity index (χ0v) is 26.5. The summed E-state index contributed by atoms with van der Waals surface area (Å²) < 4.78 is 0. The minimum Gasteiger partial charge on any atom is -0.481 e. The Labute approximate surface area is 268 Å². The van der Waals surface area contributed by atoms with Gasteiger partial charge in [0, 0.05) is 6.42 Å². The summed E-state index contributed by atoms with van der Waals surface area (Å²) in [4.78, 5) is 109. The zero-order valence-electron chi connectivity index (χ0n) is 25.7. The van der Waals surface area contributed by atoms with Crippen molar-refractivity contribution in [2.45, 2.75) is 82.6 Å². The first kappa shape index (κ1) is 41.5. The second-order valence-electron chi connectivity index (χ2n) is 10.3. The van der Waals surface area contributed by atoms with Gasteiger partial charge < -0.3 is 53.4 Å². The van der Waals surface area contributed by atoms with Crippen LogP contribution in [0.3, 0.4) is 0 Å². The fraction of sp³-hybridized carbons (Fsp3) is 0.654. The Morgan fingerprint density at radius 3 is 1.74 bits per heavy atom. The monoisotopic (exact) mass is 677 g/mol. The molecule has 6 amide bonds. The van der Waals surface area contributed by atoms with Crippen LogP contribution < -0.4 is 38.1 Å². The lowest BCUT2D eigenvalue weighted by Gasteiger charge is -2.28. The highest BCUT2D eigenvalue weighted by molar-refractivity contribution is 7.98. The number of carbonyl (C=O) groups is 9. The average Bonchev–Trinajstić information content (AvgIpc) is 2.96. The first-order chi connectivity index (χ1) is 21.4. The third-order valence-corrected chi connectivity index (χ3v) is 7.14. The van der Waals surface area contributed by atoms with E-state index in [1.807, 2.05) is 0 Å². The van der Waals surface area contributed by atoms with E-state index in [4.69, 9.17) is 16.6 Å². The molecule has 0 bridgehead atoms. The predicted octanol–water partition coefficient (Wildman–Crippen LogP) is -3.53. The number of aliphatic carboxylic acids is 3. The van der Waals surface area contributed by atoms with Crippen molar-refractivity contribution in [1.29, 1.82) is 0 Å². The first-order valence-corrected chi connectivity index (χ1v) is 15.5. The summed E-state index contributed by atoms with van der Waals surface area (Å²) in [6.45, 7) is 2.53. The van der Waals surface area contributed by atoms with Crippen molar-refractivity contribution in [2.24, 2.45) is 17.4 Å². The average molecular weight is 678 g/mol. The number of carbonyl (C=O) groups excluding carboxylic acids is 6. The Balaban J connectivity index is 6.09. The van der Waals surface area contributed by atoms with Gasteiger partial charge in [-0.05, 0) is 30.8 Å². The van der Waals surface area contributed by atoms with Gasteiger partial charge in [0.25, 0.3) is 0 Å². The number of thioether (sulfide) groups is 1. The molecule has 12 N–H and O–H groups in total. The van der Waals surface area contributed by atoms with Crippen molar-refractivity contribution >= 4 is 65.1 Å². The molecule has 0 aliphatic rings. The summed E-state index contributed by atoms with van der Waals surface area (Å²) in [6, 6.07) is -7.44. The normalized spacial score (nSPS) is 14.6. The Morgan fingerprint density at radius 2 is 1.24 bits per heavy atom. The molecule has 260 valence electrons. The highest BCUT2D eigenvalue weighted by atomic mass is 32.2. The molecule has 0 aliphatic carbocycles. The summed E-state index contributed by atoms with van der Waals surface area (Å²) in [5.74, 6) is -10.3. The van der Waals surface area contributed by atoms with Crippen LogP contribution in [0.1, 0.15) is 52.4 Å². The van der Waals surface area contributed by atoms with Crippen LogP contribution >= 0.6 is 11.8 Å². The van der Waals surface area contributed by atoms with Crippen LogP contribution in [0, 0.1) is 5.92 Å². The maximum Gasteiger partial charge on any atom is 0.322 e. The van der Waals surface area contributed by atoms with Gasteiger partial charge in [-0.3, -0.25) is 43.2 Å². The summed E-state index contributed by atoms with van der Waals surface area (Å²) in [6.07, 6.45) is -0.574. The molecular weight excluding hydrogens is 634 g/mol. The Morgan fingerprint density at radius 1 is 0.696 bits per heavy atom. The maximum absolute atomic E-state index is 13.3. The second kappa shape index (κ2) is 21.3. The summed E-state index contributed by atoms with van der Waals surface area (Å²) in [7, 11) is 0. The van der Waals surface area contributed by atoms with Crippen molar-refractivity contribution in [3.63, 3.8) is 0 Å². The molecule has 0 heterocycles. The fourth-order valence-electron chi connectivity index (χ4n) is 3.79. The Hall–Kier alpha value is -4.46. The number of hydrogen-bond acceptors (Lipinski definition) is 11. The molecule has 19 nitrogen and oxygen atoms in total. The molecule has 0 fully saturated rings. The van der Waals surface area contributed by atoms with Crippen molar-refractivity contribution in [2.75, 3.05) is 18.6 Å². The number of carboxylic acids is 3. The van der Waals surface area contributed by atoms with Crippen LogP contribution in [-0.4, -0.2) is 117 Å². The van der Waals surface area contributed by atoms with Crippen LogP contribution in [-0.2, 0) is 43.2 Å². The molecule has 0 saturated carbocycles. The van der Waals surface area contributed by atoms with E-state index in [1.54, 1.807) is 20.1 Å². The minimum absolute atomic E-state index is 0.0230. The number of hydrogen-bond donors (Lipinski definition) is 10. The van der Waals surface area contributed by atoms with Gasteiger partial charge in [-0.15, -0.1) is 0 Å². The molecule has 6 atom stereocenters. The van der Waals surface area contributed by atoms with E-state index in [2.05, 4.69) is 26.6 Å². The smallest absolute Gasteiger partial charge is 0.322 e. The number of rotatable bonds is 23. The van der Waals surface area contributed by atoms with E-state index in [1.165, 1.54) is 11.8 Å². The molecule has 0 aromatic carbocycles. The molecule has 0 spiro atoms. The molecule has 0 saturated heterocycles. The van der Waals surface area contributed by atoms with E-state index in [0.717, 1.165) is 0 Å². The van der Waals surface area contributed by atoms with Crippen LogP contribution in [0.5, 0.6) is 0 Å². The summed E-state index contributed by atoms with van der Waals surface area (Å²) >= 11 is 1.31. The van der Waals surface area contributed by atoms with E-state index >= 15 is 0 Å². The van der Waals surface area contributed by atoms with Gasteiger partial charge in [-0.2, -0.15) is 11.8 Å². The highest BCUT2D eigenvalue weighted by Crippen LogP contribution is 2.11. The topological polar surface area (TPSA) is 327 Å². The van der Waals surface area contributed by atoms with E-state index in [-0.39, 0.29) is 6.42 Å². The highest BCUT2D eigenvalue weighted by Gasteiger charge is 2.34. The van der Waals surface area contributed by atoms with Gasteiger partial charge in [0.2, 0.25) is 35.4 Å². The predicted molar refractivity (Wildman–Crippen MR) is 162 cm³/mol. The van der Waals surface area contributed by atoms with Crippen LogP contribution in [0.25, 0.3) is 0 Å². The number of nitrogens with one attached hydrogen (secondary N) is 5. The number of amides is 6. The lowest BCUT2D eigenvalue weighted by molar-refractivity contribution is -0.142. The molecule has 0 rings (SSSR count). The summed E-state index contributed by atoms with van der Waals surface area (Å²) in [5, 5.41) is 38.7. The van der Waals surface area contributed by atoms with E-state index in [0.29, 0.717) is 12.2 Å². The quantitative estimate of drug-likeness (QED) is 0.0501. The van der Waals surface area contributed by atoms with Crippen LogP contribution in [0.15, 0.2) is 0 Å². The molecule has 0 radical (unpaired) electrons. The molecule has 6 unspecified atom stereocenters. The van der Waals surface area contributed by atoms with Gasteiger partial charge in [-0.1, -0.05) is 20.3 Å². The lowest BCUT2D eigenvalue weighted by atomic mass is 9.97. The lowest BCUT2D eigenvalue weighted by Crippen LogP contribution is -2.60. The molecule has 46 heavy (non-hydrogen) atoms. The Kier molecular flexibility index (Phi) is 19.2. The van der Waals surface area contributed by atoms with Gasteiger partial charge >= 0.3 is 17.9 Å². The van der Waals surface area contributed by atoms with E-state index in [9.17, 15) is 53.4 Å². The van der Waals surface area contributed by atoms with Gasteiger partial charge in [0.15, 0.2) is 0 Å². The van der Waals surface area contributed by atoms with Crippen molar-refractivity contribution < 1.29 is 58.5 Å². The fourth-order valence-corrected chi connectivity index (χ4v) is 4.26. The van der Waals surface area contributed by atoms with E-state index < -0.39 is 122 Å². The summed E-state index contributed by atoms with van der Waals surface area (Å²) in [5.41, 5.74) is 10.7. The molecular formula is C26H43N7O12S. The van der Waals surface area contributed by atoms with Gasteiger partial charge in [0.1, 0.15) is 30.7 Å². The first-order valence-electron chi connectivity index (χ1n) is 14.1. The molecule has 0 aromatic rings. The molecule has 0 aromatic heterocycles. The van der Waals surface area contributed by atoms with Gasteiger partial charge in [0.05, 0.1) is 18.9 Å². The van der Waals surface area contributed by atoms with Crippen molar-refractivity contribution in [1.82, 2.24) is 26.6 Å². The maximum atomic E-state index is 13.3. The number of carboxylic acid groups (broad SMARTS) is 3. The SMILES string of the molecule is CCC(C)C(NC(=O)C(N)CC(N)=O)C(=O)NC(CCC(=O)O)C(=O)NC(CC(=O)O)C(=O)NC(CCSC)C(=O)NCC(=O)O. The van der Waals surface area contributed by atoms with Crippen molar-refractivity contribution in [3.05, 3.63) is 0 Å². The second-order valence-corrected chi connectivity index (χ2v) is 11.2.